The zero-order valence-electron chi connectivity index (χ0n) is 6.59. The number of hydrogen-bond donors (Lipinski definition) is 1. The summed E-state index contributed by atoms with van der Waals surface area (Å²) in [5.41, 5.74) is 1.31. The number of nitrogens with one attached hydrogen (secondary N) is 1. The molecule has 2 rings (SSSR count). The summed E-state index contributed by atoms with van der Waals surface area (Å²) >= 11 is 0. The van der Waals surface area contributed by atoms with Crippen LogP contribution in [0.5, 0.6) is 0 Å². The number of carbonyl (C=O) groups is 1. The molecule has 1 aromatic heterocycles. The van der Waals surface area contributed by atoms with Crippen molar-refractivity contribution >= 4 is 16.7 Å². The van der Waals surface area contributed by atoms with Crippen LogP contribution >= 0.6 is 0 Å². The maximum absolute atomic E-state index is 11.0. The van der Waals surface area contributed by atoms with Gasteiger partial charge in [0.15, 0.2) is 5.78 Å². The van der Waals surface area contributed by atoms with E-state index in [1.54, 1.807) is 6.07 Å². The van der Waals surface area contributed by atoms with Gasteiger partial charge in [0, 0.05) is 12.3 Å². The Hall–Kier alpha value is -1.64. The highest BCUT2D eigenvalue weighted by atomic mass is 16.1. The van der Waals surface area contributed by atoms with Crippen LogP contribution in [0.4, 0.5) is 0 Å². The van der Waals surface area contributed by atoms with Gasteiger partial charge in [0.25, 0.3) is 0 Å². The number of hydrogen-bond acceptors (Lipinski definition) is 2. The van der Waals surface area contributed by atoms with Crippen molar-refractivity contribution in [3.05, 3.63) is 30.0 Å². The zero-order chi connectivity index (χ0) is 8.55. The molecule has 2 aromatic rings. The molecule has 0 atom stereocenters. The van der Waals surface area contributed by atoms with Gasteiger partial charge >= 0.3 is 0 Å². The van der Waals surface area contributed by atoms with Crippen molar-refractivity contribution < 1.29 is 4.79 Å². The predicted octanol–water partition coefficient (Wildman–Crippen LogP) is 1.57. The monoisotopic (exact) mass is 159 g/mol. The Kier molecular flexibility index (Phi) is 1.43. The van der Waals surface area contributed by atoms with Crippen LogP contribution in [-0.2, 0) is 0 Å². The summed E-state index contributed by atoms with van der Waals surface area (Å²) < 4.78 is 0. The molecule has 0 spiro atoms. The van der Waals surface area contributed by atoms with E-state index in [1.807, 2.05) is 12.1 Å². The standard InChI is InChI=1S/C9H7N2O/c1-6(12)9-7-4-2-3-5-8(7)10-11-9/h2-3,5H,1H3,(H,10,11). The van der Waals surface area contributed by atoms with Gasteiger partial charge in [-0.1, -0.05) is 12.1 Å². The van der Waals surface area contributed by atoms with Gasteiger partial charge in [-0.05, 0) is 12.1 Å². The van der Waals surface area contributed by atoms with Gasteiger partial charge in [-0.3, -0.25) is 9.89 Å². The molecule has 0 saturated carbocycles. The van der Waals surface area contributed by atoms with Crippen LogP contribution in [0.2, 0.25) is 0 Å². The molecule has 59 valence electrons. The van der Waals surface area contributed by atoms with Crippen molar-refractivity contribution in [2.45, 2.75) is 6.92 Å². The van der Waals surface area contributed by atoms with Crippen molar-refractivity contribution in [3.63, 3.8) is 0 Å². The highest BCUT2D eigenvalue weighted by molar-refractivity contribution is 6.04. The second kappa shape index (κ2) is 2.44. The summed E-state index contributed by atoms with van der Waals surface area (Å²) in [6.07, 6.45) is 0. The third-order valence-corrected chi connectivity index (χ3v) is 1.71. The fourth-order valence-electron chi connectivity index (χ4n) is 1.15. The second-order valence-electron chi connectivity index (χ2n) is 2.59. The van der Waals surface area contributed by atoms with Crippen molar-refractivity contribution in [1.82, 2.24) is 10.2 Å². The number of fused-ring (bicyclic) bond motifs is 1. The van der Waals surface area contributed by atoms with E-state index in [0.717, 1.165) is 10.9 Å². The Morgan fingerprint density at radius 2 is 2.50 bits per heavy atom. The van der Waals surface area contributed by atoms with Gasteiger partial charge in [0.1, 0.15) is 5.69 Å². The van der Waals surface area contributed by atoms with Crippen LogP contribution in [0.1, 0.15) is 17.4 Å². The number of aromatic amines is 1. The maximum Gasteiger partial charge on any atom is 0.180 e. The number of Topliss-reactive ketones (excluding diaryl/α,β-unsaturated/α-hetero) is 1. The quantitative estimate of drug-likeness (QED) is 0.642. The topological polar surface area (TPSA) is 45.8 Å². The molecule has 1 N–H and O–H groups in total. The Morgan fingerprint density at radius 3 is 3.25 bits per heavy atom. The molecular formula is C9H7N2O. The largest absolute Gasteiger partial charge is 0.293 e. The first-order chi connectivity index (χ1) is 5.79. The number of H-pyrrole nitrogens is 1. The van der Waals surface area contributed by atoms with E-state index in [-0.39, 0.29) is 5.78 Å². The zero-order valence-corrected chi connectivity index (χ0v) is 6.59. The minimum absolute atomic E-state index is 0.0382. The van der Waals surface area contributed by atoms with Gasteiger partial charge in [-0.15, -0.1) is 0 Å². The van der Waals surface area contributed by atoms with Gasteiger partial charge in [0.05, 0.1) is 5.52 Å². The molecular weight excluding hydrogens is 152 g/mol. The van der Waals surface area contributed by atoms with Crippen LogP contribution < -0.4 is 0 Å². The molecule has 0 amide bonds. The van der Waals surface area contributed by atoms with Crippen molar-refractivity contribution in [2.24, 2.45) is 0 Å². The summed E-state index contributed by atoms with van der Waals surface area (Å²) in [6, 6.07) is 8.45. The normalized spacial score (nSPS) is 10.4. The minimum atomic E-state index is -0.0382. The van der Waals surface area contributed by atoms with Gasteiger partial charge in [-0.25, -0.2) is 0 Å². The number of carbonyl (C=O) groups excluding carboxylic acids is 1. The Morgan fingerprint density at radius 1 is 1.67 bits per heavy atom. The fourth-order valence-corrected chi connectivity index (χ4v) is 1.15. The van der Waals surface area contributed by atoms with E-state index < -0.39 is 0 Å². The number of ketones is 1. The molecule has 0 fully saturated rings. The summed E-state index contributed by atoms with van der Waals surface area (Å²) in [5.74, 6) is -0.0382. The SMILES string of the molecule is CC(=O)c1n[nH]c2ccc[c]c12. The van der Waals surface area contributed by atoms with E-state index in [0.29, 0.717) is 5.69 Å². The average Bonchev–Trinajstić information content (AvgIpc) is 2.47. The lowest BCUT2D eigenvalue weighted by molar-refractivity contribution is 0.101. The third kappa shape index (κ3) is 0.906. The van der Waals surface area contributed by atoms with E-state index in [4.69, 9.17) is 0 Å². The number of rotatable bonds is 1. The molecule has 1 heterocycles. The fraction of sp³-hybridized carbons (Fsp3) is 0.111. The number of benzene rings is 1. The first kappa shape index (κ1) is 7.03. The molecule has 0 aliphatic heterocycles. The first-order valence-corrected chi connectivity index (χ1v) is 3.65. The average molecular weight is 159 g/mol. The summed E-state index contributed by atoms with van der Waals surface area (Å²) in [6.45, 7) is 1.50. The highest BCUT2D eigenvalue weighted by Crippen LogP contribution is 2.14. The molecule has 0 aliphatic carbocycles. The Bertz CT molecular complexity index is 431. The molecule has 0 unspecified atom stereocenters. The van der Waals surface area contributed by atoms with E-state index >= 15 is 0 Å². The van der Waals surface area contributed by atoms with Crippen LogP contribution in [0.25, 0.3) is 10.9 Å². The summed E-state index contributed by atoms with van der Waals surface area (Å²) in [4.78, 5) is 11.0. The van der Waals surface area contributed by atoms with E-state index in [2.05, 4.69) is 16.3 Å². The summed E-state index contributed by atoms with van der Waals surface area (Å²) in [5, 5.41) is 7.42. The van der Waals surface area contributed by atoms with E-state index in [9.17, 15) is 4.79 Å². The molecule has 0 aliphatic rings. The smallest absolute Gasteiger partial charge is 0.180 e. The van der Waals surface area contributed by atoms with Gasteiger partial charge < -0.3 is 0 Å². The Labute approximate surface area is 69.4 Å². The van der Waals surface area contributed by atoms with Gasteiger partial charge in [-0.2, -0.15) is 5.10 Å². The van der Waals surface area contributed by atoms with Crippen molar-refractivity contribution in [2.75, 3.05) is 0 Å². The van der Waals surface area contributed by atoms with Gasteiger partial charge in [0.2, 0.25) is 0 Å². The van der Waals surface area contributed by atoms with Crippen LogP contribution in [-0.4, -0.2) is 16.0 Å². The van der Waals surface area contributed by atoms with Crippen LogP contribution in [0.3, 0.4) is 0 Å². The highest BCUT2D eigenvalue weighted by Gasteiger charge is 2.07. The summed E-state index contributed by atoms with van der Waals surface area (Å²) in [7, 11) is 0. The van der Waals surface area contributed by atoms with Crippen molar-refractivity contribution in [1.29, 1.82) is 0 Å². The molecule has 12 heavy (non-hydrogen) atoms. The third-order valence-electron chi connectivity index (χ3n) is 1.71. The second-order valence-corrected chi connectivity index (χ2v) is 2.59. The lowest BCUT2D eigenvalue weighted by atomic mass is 10.2. The van der Waals surface area contributed by atoms with Crippen LogP contribution in [0, 0.1) is 6.07 Å². The molecule has 0 bridgehead atoms. The lowest BCUT2D eigenvalue weighted by Gasteiger charge is -1.87. The number of nitrogens with zero attached hydrogens (tertiary/aromatic N) is 1. The molecule has 0 saturated heterocycles. The Balaban J connectivity index is 2.79. The molecule has 1 radical (unpaired) electrons. The molecule has 3 nitrogen and oxygen atoms in total. The predicted molar refractivity (Wildman–Crippen MR) is 44.9 cm³/mol. The van der Waals surface area contributed by atoms with Crippen LogP contribution in [0.15, 0.2) is 18.2 Å². The molecule has 1 aromatic carbocycles. The first-order valence-electron chi connectivity index (χ1n) is 3.65. The van der Waals surface area contributed by atoms with E-state index in [1.165, 1.54) is 6.92 Å². The molecule has 3 heteroatoms. The number of aromatic nitrogens is 2. The lowest BCUT2D eigenvalue weighted by Crippen LogP contribution is -1.92. The maximum atomic E-state index is 11.0. The minimum Gasteiger partial charge on any atom is -0.293 e. The van der Waals surface area contributed by atoms with Crippen molar-refractivity contribution in [3.8, 4) is 0 Å².